The average Bonchev–Trinajstić information content (AvgIpc) is 2.69. The summed E-state index contributed by atoms with van der Waals surface area (Å²) in [7, 11) is 0. The number of pyridine rings is 1. The molecule has 0 spiro atoms. The van der Waals surface area contributed by atoms with Gasteiger partial charge < -0.3 is 10.6 Å². The van der Waals surface area contributed by atoms with Crippen LogP contribution in [-0.4, -0.2) is 16.7 Å². The fourth-order valence-corrected chi connectivity index (χ4v) is 4.35. The lowest BCUT2D eigenvalue weighted by Gasteiger charge is -2.36. The SMILES string of the molecule is CC1=C(C(=O)Nc2ccc(C)cn2)[C@H](c2ccc(C)cc2)C2=C(C[C@H](C)CC2=O)N1. The molecule has 0 fully saturated rings. The topological polar surface area (TPSA) is 71.1 Å². The predicted molar refractivity (Wildman–Crippen MR) is 118 cm³/mol. The molecule has 2 aromatic rings. The highest BCUT2D eigenvalue weighted by Crippen LogP contribution is 2.43. The number of carbonyl (C=O) groups is 2. The summed E-state index contributed by atoms with van der Waals surface area (Å²) in [5.74, 6) is 0.291. The molecule has 0 saturated heterocycles. The molecular formula is C25H27N3O2. The molecule has 154 valence electrons. The van der Waals surface area contributed by atoms with Gasteiger partial charge in [0.15, 0.2) is 5.78 Å². The van der Waals surface area contributed by atoms with Crippen molar-refractivity contribution in [3.8, 4) is 0 Å². The van der Waals surface area contributed by atoms with Gasteiger partial charge in [0.25, 0.3) is 5.91 Å². The van der Waals surface area contributed by atoms with Gasteiger partial charge >= 0.3 is 0 Å². The number of allylic oxidation sites excluding steroid dienone is 3. The first kappa shape index (κ1) is 20.1. The molecule has 2 aliphatic rings. The van der Waals surface area contributed by atoms with E-state index < -0.39 is 0 Å². The number of carbonyl (C=O) groups excluding carboxylic acids is 2. The number of rotatable bonds is 3. The van der Waals surface area contributed by atoms with E-state index in [4.69, 9.17) is 0 Å². The van der Waals surface area contributed by atoms with Crippen molar-refractivity contribution in [2.75, 3.05) is 5.32 Å². The fraction of sp³-hybridized carbons (Fsp3) is 0.320. The van der Waals surface area contributed by atoms with E-state index in [0.717, 1.165) is 40.1 Å². The summed E-state index contributed by atoms with van der Waals surface area (Å²) in [4.78, 5) is 30.8. The predicted octanol–water partition coefficient (Wildman–Crippen LogP) is 4.55. The first-order valence-electron chi connectivity index (χ1n) is 10.4. The molecular weight excluding hydrogens is 374 g/mol. The molecule has 0 radical (unpaired) electrons. The molecule has 1 aliphatic heterocycles. The van der Waals surface area contributed by atoms with Gasteiger partial charge in [0.1, 0.15) is 5.82 Å². The summed E-state index contributed by atoms with van der Waals surface area (Å²) in [6.07, 6.45) is 3.05. The van der Waals surface area contributed by atoms with E-state index in [1.807, 2.05) is 51.1 Å². The van der Waals surface area contributed by atoms with Gasteiger partial charge in [-0.25, -0.2) is 4.98 Å². The van der Waals surface area contributed by atoms with Gasteiger partial charge in [0, 0.05) is 41.1 Å². The largest absolute Gasteiger partial charge is 0.362 e. The van der Waals surface area contributed by atoms with Crippen LogP contribution in [0.25, 0.3) is 0 Å². The number of nitrogens with one attached hydrogen (secondary N) is 2. The summed E-state index contributed by atoms with van der Waals surface area (Å²) in [5, 5.41) is 6.29. The number of benzene rings is 1. The Morgan fingerprint density at radius 3 is 2.40 bits per heavy atom. The van der Waals surface area contributed by atoms with Gasteiger partial charge in [-0.05, 0) is 50.3 Å². The summed E-state index contributed by atoms with van der Waals surface area (Å²) in [6, 6.07) is 11.8. The Morgan fingerprint density at radius 2 is 1.73 bits per heavy atom. The number of amides is 1. The Bertz CT molecular complexity index is 1060. The van der Waals surface area contributed by atoms with E-state index in [2.05, 4.69) is 22.5 Å². The third-order valence-electron chi connectivity index (χ3n) is 5.84. The van der Waals surface area contributed by atoms with E-state index >= 15 is 0 Å². The number of anilines is 1. The van der Waals surface area contributed by atoms with Crippen molar-refractivity contribution in [2.45, 2.75) is 46.5 Å². The zero-order valence-corrected chi connectivity index (χ0v) is 17.9. The molecule has 0 bridgehead atoms. The number of Topliss-reactive ketones (excluding diaryl/α,β-unsaturated/α-hetero) is 1. The number of hydrogen-bond donors (Lipinski definition) is 2. The number of nitrogens with zero attached hydrogens (tertiary/aromatic N) is 1. The second-order valence-electron chi connectivity index (χ2n) is 8.51. The van der Waals surface area contributed by atoms with Crippen molar-refractivity contribution < 1.29 is 9.59 Å². The van der Waals surface area contributed by atoms with Gasteiger partial charge in [0.05, 0.1) is 0 Å². The first-order chi connectivity index (χ1) is 14.3. The Hall–Kier alpha value is -3.21. The molecule has 1 aromatic carbocycles. The van der Waals surface area contributed by atoms with Crippen molar-refractivity contribution in [2.24, 2.45) is 5.92 Å². The van der Waals surface area contributed by atoms with Crippen molar-refractivity contribution >= 4 is 17.5 Å². The average molecular weight is 402 g/mol. The minimum atomic E-state index is -0.382. The van der Waals surface area contributed by atoms with Crippen LogP contribution >= 0.6 is 0 Å². The van der Waals surface area contributed by atoms with Crippen molar-refractivity contribution in [3.05, 3.63) is 81.8 Å². The molecule has 2 heterocycles. The van der Waals surface area contributed by atoms with Crippen LogP contribution in [0, 0.1) is 19.8 Å². The van der Waals surface area contributed by atoms with Crippen molar-refractivity contribution in [1.29, 1.82) is 0 Å². The molecule has 4 rings (SSSR count). The van der Waals surface area contributed by atoms with Crippen LogP contribution in [-0.2, 0) is 9.59 Å². The smallest absolute Gasteiger partial charge is 0.255 e. The van der Waals surface area contributed by atoms with Gasteiger partial charge in [-0.15, -0.1) is 0 Å². The molecule has 1 aromatic heterocycles. The molecule has 2 atom stereocenters. The normalized spacial score (nSPS) is 21.3. The Kier molecular flexibility index (Phi) is 5.29. The van der Waals surface area contributed by atoms with Crippen LogP contribution in [0.1, 0.15) is 49.3 Å². The van der Waals surface area contributed by atoms with Gasteiger partial charge in [0.2, 0.25) is 0 Å². The highest BCUT2D eigenvalue weighted by molar-refractivity contribution is 6.09. The van der Waals surface area contributed by atoms with Crippen molar-refractivity contribution in [1.82, 2.24) is 10.3 Å². The summed E-state index contributed by atoms with van der Waals surface area (Å²) in [5.41, 5.74) is 6.15. The maximum Gasteiger partial charge on any atom is 0.255 e. The first-order valence-corrected chi connectivity index (χ1v) is 10.4. The van der Waals surface area contributed by atoms with Crippen LogP contribution < -0.4 is 10.6 Å². The maximum absolute atomic E-state index is 13.4. The highest BCUT2D eigenvalue weighted by atomic mass is 16.2. The molecule has 1 amide bonds. The molecule has 2 N–H and O–H groups in total. The van der Waals surface area contributed by atoms with Gasteiger partial charge in [-0.1, -0.05) is 42.8 Å². The Morgan fingerprint density at radius 1 is 1.03 bits per heavy atom. The Balaban J connectivity index is 1.78. The van der Waals surface area contributed by atoms with E-state index in [1.165, 1.54) is 0 Å². The van der Waals surface area contributed by atoms with Crippen molar-refractivity contribution in [3.63, 3.8) is 0 Å². The molecule has 1 aliphatic carbocycles. The number of aryl methyl sites for hydroxylation is 2. The minimum absolute atomic E-state index is 0.119. The number of hydrogen-bond acceptors (Lipinski definition) is 4. The maximum atomic E-state index is 13.4. The van der Waals surface area contributed by atoms with Crippen LogP contribution in [0.5, 0.6) is 0 Å². The standard InChI is InChI=1S/C25H27N3O2/c1-14-5-8-18(9-6-14)23-22(25(30)28-21-10-7-15(2)13-26-21)17(4)27-19-11-16(3)12-20(29)24(19)23/h5-10,13,16,23,27H,11-12H2,1-4H3,(H,26,28,30)/t16-,23-/m0/s1. The van der Waals surface area contributed by atoms with E-state index in [1.54, 1.807) is 12.3 Å². The summed E-state index contributed by atoms with van der Waals surface area (Å²) < 4.78 is 0. The molecule has 0 unspecified atom stereocenters. The lowest BCUT2D eigenvalue weighted by molar-refractivity contribution is -0.117. The Labute approximate surface area is 177 Å². The van der Waals surface area contributed by atoms with Crippen LogP contribution in [0.15, 0.2) is 65.1 Å². The number of aromatic nitrogens is 1. The second-order valence-corrected chi connectivity index (χ2v) is 8.51. The molecule has 5 heteroatoms. The van der Waals surface area contributed by atoms with E-state index in [-0.39, 0.29) is 17.6 Å². The number of dihydropyridines is 1. The monoisotopic (exact) mass is 401 g/mol. The van der Waals surface area contributed by atoms with Crippen LogP contribution in [0.3, 0.4) is 0 Å². The lowest BCUT2D eigenvalue weighted by Crippen LogP contribution is -2.37. The summed E-state index contributed by atoms with van der Waals surface area (Å²) in [6.45, 7) is 7.98. The zero-order chi connectivity index (χ0) is 21.4. The summed E-state index contributed by atoms with van der Waals surface area (Å²) >= 11 is 0. The van der Waals surface area contributed by atoms with E-state index in [0.29, 0.717) is 23.7 Å². The van der Waals surface area contributed by atoms with Crippen LogP contribution in [0.4, 0.5) is 5.82 Å². The molecule has 5 nitrogen and oxygen atoms in total. The van der Waals surface area contributed by atoms with Gasteiger partial charge in [-0.2, -0.15) is 0 Å². The lowest BCUT2D eigenvalue weighted by atomic mass is 9.73. The third kappa shape index (κ3) is 3.80. The zero-order valence-electron chi connectivity index (χ0n) is 17.9. The molecule has 30 heavy (non-hydrogen) atoms. The highest BCUT2D eigenvalue weighted by Gasteiger charge is 2.39. The second kappa shape index (κ2) is 7.90. The van der Waals surface area contributed by atoms with E-state index in [9.17, 15) is 9.59 Å². The fourth-order valence-electron chi connectivity index (χ4n) is 4.35. The van der Waals surface area contributed by atoms with Gasteiger partial charge in [-0.3, -0.25) is 9.59 Å². The number of ketones is 1. The third-order valence-corrected chi connectivity index (χ3v) is 5.84. The minimum Gasteiger partial charge on any atom is -0.362 e. The molecule has 0 saturated carbocycles. The van der Waals surface area contributed by atoms with Crippen LogP contribution in [0.2, 0.25) is 0 Å². The quantitative estimate of drug-likeness (QED) is 0.791.